The minimum atomic E-state index is -4.59. The van der Waals surface area contributed by atoms with Crippen LogP contribution in [0.15, 0.2) is 30.6 Å². The summed E-state index contributed by atoms with van der Waals surface area (Å²) in [6.45, 7) is 2.73. The van der Waals surface area contributed by atoms with E-state index >= 15 is 0 Å². The topological polar surface area (TPSA) is 71.4 Å². The van der Waals surface area contributed by atoms with Gasteiger partial charge in [0.25, 0.3) is 0 Å². The van der Waals surface area contributed by atoms with Gasteiger partial charge in [-0.25, -0.2) is 9.97 Å². The molecule has 1 saturated heterocycles. The summed E-state index contributed by atoms with van der Waals surface area (Å²) in [6, 6.07) is 3.81. The molecule has 0 spiro atoms. The Morgan fingerprint density at radius 1 is 1.31 bits per heavy atom. The summed E-state index contributed by atoms with van der Waals surface area (Å²) in [7, 11) is 0. The first-order valence-electron chi connectivity index (χ1n) is 8.23. The smallest absolute Gasteiger partial charge is 0.393 e. The van der Waals surface area contributed by atoms with Crippen LogP contribution in [-0.2, 0) is 10.9 Å². The van der Waals surface area contributed by atoms with Crippen molar-refractivity contribution in [2.75, 3.05) is 24.7 Å². The maximum Gasteiger partial charge on any atom is 0.433 e. The average Bonchev–Trinajstić information content (AvgIpc) is 2.61. The van der Waals surface area contributed by atoms with Crippen LogP contribution in [0.4, 0.5) is 19.0 Å². The number of aliphatic hydroxyl groups is 1. The third-order valence-electron chi connectivity index (χ3n) is 4.08. The first kappa shape index (κ1) is 18.5. The Labute approximate surface area is 148 Å². The lowest BCUT2D eigenvalue weighted by Gasteiger charge is -2.37. The van der Waals surface area contributed by atoms with Crippen LogP contribution in [-0.4, -0.2) is 52.0 Å². The number of ether oxygens (including phenoxy) is 1. The fourth-order valence-corrected chi connectivity index (χ4v) is 2.90. The Morgan fingerprint density at radius 2 is 2.04 bits per heavy atom. The highest BCUT2D eigenvalue weighted by Crippen LogP contribution is 2.32. The van der Waals surface area contributed by atoms with Gasteiger partial charge < -0.3 is 14.7 Å². The largest absolute Gasteiger partial charge is 0.433 e. The molecule has 0 radical (unpaired) electrons. The van der Waals surface area contributed by atoms with E-state index in [0.717, 1.165) is 6.07 Å². The van der Waals surface area contributed by atoms with Crippen LogP contribution in [0.3, 0.4) is 0 Å². The van der Waals surface area contributed by atoms with Crippen molar-refractivity contribution in [2.45, 2.75) is 31.7 Å². The third kappa shape index (κ3) is 4.28. The Balaban J connectivity index is 2.05. The fourth-order valence-electron chi connectivity index (χ4n) is 2.90. The molecule has 2 atom stereocenters. The van der Waals surface area contributed by atoms with Crippen LogP contribution >= 0.6 is 0 Å². The first-order chi connectivity index (χ1) is 12.3. The predicted octanol–water partition coefficient (Wildman–Crippen LogP) is 2.53. The maximum atomic E-state index is 13.4. The lowest BCUT2D eigenvalue weighted by molar-refractivity contribution is -0.141. The molecule has 1 aliphatic rings. The minimum Gasteiger partial charge on any atom is -0.393 e. The Kier molecular flexibility index (Phi) is 5.38. The number of aliphatic hydroxyl groups excluding tert-OH is 1. The number of halogens is 3. The molecule has 2 unspecified atom stereocenters. The van der Waals surface area contributed by atoms with Gasteiger partial charge in [0.2, 0.25) is 0 Å². The lowest BCUT2D eigenvalue weighted by atomic mass is 10.1. The number of pyridine rings is 1. The van der Waals surface area contributed by atoms with Crippen molar-refractivity contribution in [2.24, 2.45) is 0 Å². The van der Waals surface area contributed by atoms with E-state index in [1.54, 1.807) is 24.0 Å². The summed E-state index contributed by atoms with van der Waals surface area (Å²) >= 11 is 0. The highest BCUT2D eigenvalue weighted by atomic mass is 19.4. The Morgan fingerprint density at radius 3 is 2.69 bits per heavy atom. The van der Waals surface area contributed by atoms with Gasteiger partial charge in [-0.1, -0.05) is 0 Å². The van der Waals surface area contributed by atoms with E-state index in [1.165, 1.54) is 12.4 Å². The SMILES string of the molecule is CC(O)CC1COCCN1c1cc(C(F)(F)F)nc(-c2ccncc2)n1. The fraction of sp³-hybridized carbons (Fsp3) is 0.471. The summed E-state index contributed by atoms with van der Waals surface area (Å²) in [6.07, 6.45) is -1.87. The van der Waals surface area contributed by atoms with Gasteiger partial charge >= 0.3 is 6.18 Å². The molecule has 2 aromatic rings. The number of morpholine rings is 1. The zero-order valence-corrected chi connectivity index (χ0v) is 14.1. The lowest BCUT2D eigenvalue weighted by Crippen LogP contribution is -2.47. The second kappa shape index (κ2) is 7.55. The highest BCUT2D eigenvalue weighted by molar-refractivity contribution is 5.58. The summed E-state index contributed by atoms with van der Waals surface area (Å²) in [5.74, 6) is 0.160. The van der Waals surface area contributed by atoms with Crippen molar-refractivity contribution < 1.29 is 23.0 Å². The molecule has 0 saturated carbocycles. The molecular formula is C17H19F3N4O2. The standard InChI is InChI=1S/C17H19F3N4O2/c1-11(25)8-13-10-26-7-6-24(13)15-9-14(17(18,19)20)22-16(23-15)12-2-4-21-5-3-12/h2-5,9,11,13,25H,6-8,10H2,1H3. The van der Waals surface area contributed by atoms with Gasteiger partial charge in [-0.2, -0.15) is 13.2 Å². The molecule has 0 amide bonds. The number of hydrogen-bond acceptors (Lipinski definition) is 6. The molecule has 140 valence electrons. The van der Waals surface area contributed by atoms with Gasteiger partial charge in [0.05, 0.1) is 25.4 Å². The van der Waals surface area contributed by atoms with Crippen molar-refractivity contribution in [1.29, 1.82) is 0 Å². The number of anilines is 1. The van der Waals surface area contributed by atoms with Crippen LogP contribution < -0.4 is 4.90 Å². The van der Waals surface area contributed by atoms with Crippen molar-refractivity contribution in [1.82, 2.24) is 15.0 Å². The molecule has 3 heterocycles. The van der Waals surface area contributed by atoms with E-state index in [0.29, 0.717) is 31.7 Å². The second-order valence-electron chi connectivity index (χ2n) is 6.18. The molecule has 1 fully saturated rings. The molecule has 9 heteroatoms. The Bertz CT molecular complexity index is 741. The number of nitrogens with zero attached hydrogens (tertiary/aromatic N) is 4. The number of hydrogen-bond donors (Lipinski definition) is 1. The van der Waals surface area contributed by atoms with Crippen LogP contribution in [0.5, 0.6) is 0 Å². The minimum absolute atomic E-state index is 0.0143. The molecule has 3 rings (SSSR count). The number of rotatable bonds is 4. The van der Waals surface area contributed by atoms with Gasteiger partial charge in [0.1, 0.15) is 5.82 Å². The summed E-state index contributed by atoms with van der Waals surface area (Å²) in [5.41, 5.74) is -0.552. The monoisotopic (exact) mass is 368 g/mol. The maximum absolute atomic E-state index is 13.4. The second-order valence-corrected chi connectivity index (χ2v) is 6.18. The molecule has 1 aliphatic heterocycles. The van der Waals surface area contributed by atoms with Crippen LogP contribution in [0.25, 0.3) is 11.4 Å². The van der Waals surface area contributed by atoms with Crippen LogP contribution in [0, 0.1) is 0 Å². The van der Waals surface area contributed by atoms with Gasteiger partial charge in [0.15, 0.2) is 11.5 Å². The van der Waals surface area contributed by atoms with Crippen molar-refractivity contribution in [3.05, 3.63) is 36.3 Å². The van der Waals surface area contributed by atoms with Crippen LogP contribution in [0.2, 0.25) is 0 Å². The zero-order chi connectivity index (χ0) is 18.7. The first-order valence-corrected chi connectivity index (χ1v) is 8.23. The summed E-state index contributed by atoms with van der Waals surface area (Å²) in [5, 5.41) is 9.68. The molecule has 0 bridgehead atoms. The van der Waals surface area contributed by atoms with E-state index in [9.17, 15) is 18.3 Å². The van der Waals surface area contributed by atoms with Gasteiger partial charge in [-0.05, 0) is 25.5 Å². The van der Waals surface area contributed by atoms with Crippen molar-refractivity contribution >= 4 is 5.82 Å². The molecule has 1 N–H and O–H groups in total. The predicted molar refractivity (Wildman–Crippen MR) is 88.5 cm³/mol. The summed E-state index contributed by atoms with van der Waals surface area (Å²) in [4.78, 5) is 13.6. The van der Waals surface area contributed by atoms with Crippen molar-refractivity contribution in [3.8, 4) is 11.4 Å². The van der Waals surface area contributed by atoms with E-state index < -0.39 is 18.0 Å². The number of alkyl halides is 3. The van der Waals surface area contributed by atoms with Gasteiger partial charge in [-0.3, -0.25) is 4.98 Å². The zero-order valence-electron chi connectivity index (χ0n) is 14.1. The van der Waals surface area contributed by atoms with E-state index in [1.807, 2.05) is 0 Å². The molecule has 0 aliphatic carbocycles. The van der Waals surface area contributed by atoms with E-state index in [2.05, 4.69) is 15.0 Å². The number of aromatic nitrogens is 3. The van der Waals surface area contributed by atoms with Gasteiger partial charge in [0, 0.05) is 30.6 Å². The Hall–Kier alpha value is -2.26. The van der Waals surface area contributed by atoms with Crippen molar-refractivity contribution in [3.63, 3.8) is 0 Å². The average molecular weight is 368 g/mol. The molecule has 26 heavy (non-hydrogen) atoms. The highest BCUT2D eigenvalue weighted by Gasteiger charge is 2.35. The normalized spacial score (nSPS) is 19.4. The van der Waals surface area contributed by atoms with E-state index in [-0.39, 0.29) is 17.7 Å². The quantitative estimate of drug-likeness (QED) is 0.894. The summed E-state index contributed by atoms with van der Waals surface area (Å²) < 4.78 is 45.5. The van der Waals surface area contributed by atoms with Gasteiger partial charge in [-0.15, -0.1) is 0 Å². The van der Waals surface area contributed by atoms with Crippen LogP contribution in [0.1, 0.15) is 19.0 Å². The molecule has 0 aromatic carbocycles. The third-order valence-corrected chi connectivity index (χ3v) is 4.08. The van der Waals surface area contributed by atoms with E-state index in [4.69, 9.17) is 4.74 Å². The molecule has 2 aromatic heterocycles. The molecule has 6 nitrogen and oxygen atoms in total. The molecular weight excluding hydrogens is 349 g/mol.